The van der Waals surface area contributed by atoms with Crippen molar-refractivity contribution in [1.29, 1.82) is 0 Å². The second-order valence-electron chi connectivity index (χ2n) is 9.28. The Kier molecular flexibility index (Phi) is 5.83. The number of hydrogen-bond acceptors (Lipinski definition) is 5. The number of nitrogens with one attached hydrogen (secondary N) is 1. The summed E-state index contributed by atoms with van der Waals surface area (Å²) in [4.78, 5) is 35.6. The van der Waals surface area contributed by atoms with E-state index in [2.05, 4.69) is 16.4 Å². The molecule has 3 aromatic rings. The highest BCUT2D eigenvalue weighted by Gasteiger charge is 2.37. The highest BCUT2D eigenvalue weighted by molar-refractivity contribution is 5.81. The van der Waals surface area contributed by atoms with Gasteiger partial charge >= 0.3 is 0 Å². The van der Waals surface area contributed by atoms with Crippen LogP contribution in [0.15, 0.2) is 30.6 Å². The van der Waals surface area contributed by atoms with Crippen LogP contribution in [-0.2, 0) is 22.6 Å². The van der Waals surface area contributed by atoms with Gasteiger partial charge in [0.25, 0.3) is 0 Å². The Morgan fingerprint density at radius 2 is 1.94 bits per heavy atom. The number of rotatable bonds is 7. The lowest BCUT2D eigenvalue weighted by molar-refractivity contribution is -0.131. The molecule has 0 aromatic carbocycles. The minimum absolute atomic E-state index is 0.0123. The van der Waals surface area contributed by atoms with Crippen LogP contribution in [0.5, 0.6) is 0 Å². The van der Waals surface area contributed by atoms with Crippen LogP contribution in [0.1, 0.15) is 59.8 Å². The summed E-state index contributed by atoms with van der Waals surface area (Å²) >= 11 is 0. The van der Waals surface area contributed by atoms with Gasteiger partial charge in [0.05, 0.1) is 5.69 Å². The summed E-state index contributed by atoms with van der Waals surface area (Å²) in [6.45, 7) is 6.11. The summed E-state index contributed by atoms with van der Waals surface area (Å²) < 4.78 is 1.90. The van der Waals surface area contributed by atoms with Gasteiger partial charge in [-0.3, -0.25) is 14.6 Å². The zero-order valence-corrected chi connectivity index (χ0v) is 19.3. The summed E-state index contributed by atoms with van der Waals surface area (Å²) in [5.74, 6) is 0.853. The molecular weight excluding hydrogens is 416 g/mol. The first-order chi connectivity index (χ1) is 16.0. The second kappa shape index (κ2) is 8.92. The molecule has 33 heavy (non-hydrogen) atoms. The van der Waals surface area contributed by atoms with Crippen molar-refractivity contribution in [2.45, 2.75) is 58.4 Å². The Labute approximate surface area is 193 Å². The third-order valence-corrected chi connectivity index (χ3v) is 6.87. The Morgan fingerprint density at radius 1 is 1.15 bits per heavy atom. The topological polar surface area (TPSA) is 92.5 Å². The molecule has 4 heterocycles. The highest BCUT2D eigenvalue weighted by Crippen LogP contribution is 2.35. The Balaban J connectivity index is 1.25. The molecule has 1 aliphatic carbocycles. The van der Waals surface area contributed by atoms with Gasteiger partial charge in [-0.2, -0.15) is 5.10 Å². The minimum Gasteiger partial charge on any atom is -0.352 e. The molecule has 8 heteroatoms. The third-order valence-electron chi connectivity index (χ3n) is 6.87. The van der Waals surface area contributed by atoms with E-state index in [1.54, 1.807) is 12.4 Å². The maximum Gasteiger partial charge on any atom is 0.225 e. The predicted molar refractivity (Wildman–Crippen MR) is 124 cm³/mol. The number of likely N-dealkylation sites (tertiary alicyclic amines) is 1. The number of fused-ring (bicyclic) bond motifs is 1. The van der Waals surface area contributed by atoms with Gasteiger partial charge in [0.2, 0.25) is 11.8 Å². The average Bonchev–Trinajstić information content (AvgIpc) is 3.39. The van der Waals surface area contributed by atoms with E-state index in [0.29, 0.717) is 25.3 Å². The van der Waals surface area contributed by atoms with Gasteiger partial charge < -0.3 is 10.2 Å². The van der Waals surface area contributed by atoms with Crippen LogP contribution < -0.4 is 5.32 Å². The minimum atomic E-state index is 0.0123. The molecule has 3 aromatic heterocycles. The number of carbonyl (C=O) groups excluding carboxylic acids is 2. The van der Waals surface area contributed by atoms with E-state index < -0.39 is 0 Å². The van der Waals surface area contributed by atoms with Gasteiger partial charge in [0.1, 0.15) is 0 Å². The van der Waals surface area contributed by atoms with Crippen LogP contribution in [0.25, 0.3) is 5.65 Å². The van der Waals surface area contributed by atoms with Gasteiger partial charge in [-0.25, -0.2) is 9.50 Å². The predicted octanol–water partition coefficient (Wildman–Crippen LogP) is 2.72. The first-order valence-corrected chi connectivity index (χ1v) is 11.8. The number of aromatic nitrogens is 4. The molecule has 1 N–H and O–H groups in total. The fourth-order valence-corrected chi connectivity index (χ4v) is 4.72. The Bertz CT molecular complexity index is 1180. The fourth-order valence-electron chi connectivity index (χ4n) is 4.72. The number of nitrogens with zero attached hydrogens (tertiary/aromatic N) is 5. The lowest BCUT2D eigenvalue weighted by Crippen LogP contribution is -2.29. The van der Waals surface area contributed by atoms with Crippen molar-refractivity contribution in [2.75, 3.05) is 13.1 Å². The van der Waals surface area contributed by atoms with Gasteiger partial charge in [-0.05, 0) is 62.8 Å². The van der Waals surface area contributed by atoms with Crippen molar-refractivity contribution >= 4 is 17.5 Å². The first-order valence-electron chi connectivity index (χ1n) is 11.8. The van der Waals surface area contributed by atoms with E-state index >= 15 is 0 Å². The number of hydrogen-bond donors (Lipinski definition) is 1. The van der Waals surface area contributed by atoms with E-state index in [9.17, 15) is 9.59 Å². The maximum absolute atomic E-state index is 12.4. The lowest BCUT2D eigenvalue weighted by atomic mass is 10.1. The van der Waals surface area contributed by atoms with Crippen LogP contribution in [-0.4, -0.2) is 49.4 Å². The van der Waals surface area contributed by atoms with Crippen LogP contribution in [0, 0.1) is 19.8 Å². The van der Waals surface area contributed by atoms with Crippen LogP contribution in [0.3, 0.4) is 0 Å². The maximum atomic E-state index is 12.4. The molecule has 2 aliphatic rings. The molecule has 1 aliphatic heterocycles. The normalized spacial score (nSPS) is 18.1. The molecule has 1 saturated carbocycles. The smallest absolute Gasteiger partial charge is 0.225 e. The van der Waals surface area contributed by atoms with Crippen molar-refractivity contribution in [2.24, 2.45) is 5.92 Å². The molecule has 0 radical (unpaired) electrons. The molecule has 0 spiro atoms. The van der Waals surface area contributed by atoms with Crippen molar-refractivity contribution < 1.29 is 9.59 Å². The zero-order valence-electron chi connectivity index (χ0n) is 19.3. The largest absolute Gasteiger partial charge is 0.352 e. The molecule has 0 bridgehead atoms. The average molecular weight is 447 g/mol. The monoisotopic (exact) mass is 446 g/mol. The molecule has 172 valence electrons. The first kappa shape index (κ1) is 21.6. The van der Waals surface area contributed by atoms with Gasteiger partial charge in [-0.1, -0.05) is 0 Å². The molecule has 2 fully saturated rings. The van der Waals surface area contributed by atoms with E-state index in [4.69, 9.17) is 10.1 Å². The molecular formula is C25H30N6O2. The van der Waals surface area contributed by atoms with E-state index in [-0.39, 0.29) is 17.7 Å². The molecule has 2 amide bonds. The van der Waals surface area contributed by atoms with Crippen LogP contribution in [0.2, 0.25) is 0 Å². The standard InChI is InChI=1S/C25H30N6O2/c1-16-21(5-6-24(32)27-14-18-7-10-26-11-8-18)17(2)31-23(28-16)13-22(29-31)20-9-12-30(15-20)25(33)19-3-4-19/h7-8,10-11,13,19-20H,3-6,9,12,14-15H2,1-2H3,(H,27,32). The Morgan fingerprint density at radius 3 is 2.70 bits per heavy atom. The summed E-state index contributed by atoms with van der Waals surface area (Å²) in [5.41, 5.74) is 5.89. The second-order valence-corrected chi connectivity index (χ2v) is 9.28. The van der Waals surface area contributed by atoms with Crippen molar-refractivity contribution in [3.05, 3.63) is 58.8 Å². The van der Waals surface area contributed by atoms with Crippen molar-refractivity contribution in [1.82, 2.24) is 29.8 Å². The van der Waals surface area contributed by atoms with Crippen molar-refractivity contribution in [3.63, 3.8) is 0 Å². The van der Waals surface area contributed by atoms with E-state index in [1.165, 1.54) is 0 Å². The summed E-state index contributed by atoms with van der Waals surface area (Å²) in [6.07, 6.45) is 7.50. The molecule has 1 atom stereocenters. The number of carbonyl (C=O) groups is 2. The SMILES string of the molecule is Cc1nc2cc(C3CCN(C(=O)C4CC4)C3)nn2c(C)c1CCC(=O)NCc1ccncc1. The summed E-state index contributed by atoms with van der Waals surface area (Å²) in [6, 6.07) is 5.85. The summed E-state index contributed by atoms with van der Waals surface area (Å²) in [5, 5.41) is 7.83. The lowest BCUT2D eigenvalue weighted by Gasteiger charge is -2.15. The van der Waals surface area contributed by atoms with Gasteiger partial charge in [-0.15, -0.1) is 0 Å². The molecule has 8 nitrogen and oxygen atoms in total. The fraction of sp³-hybridized carbons (Fsp3) is 0.480. The third kappa shape index (κ3) is 4.60. The number of pyridine rings is 1. The van der Waals surface area contributed by atoms with Gasteiger partial charge in [0, 0.05) is 67.7 Å². The number of aryl methyl sites for hydroxylation is 2. The quantitative estimate of drug-likeness (QED) is 0.602. The van der Waals surface area contributed by atoms with Crippen molar-refractivity contribution in [3.8, 4) is 0 Å². The van der Waals surface area contributed by atoms with Crippen LogP contribution >= 0.6 is 0 Å². The van der Waals surface area contributed by atoms with E-state index in [0.717, 1.165) is 66.2 Å². The molecule has 5 rings (SSSR count). The Hall–Kier alpha value is -3.29. The van der Waals surface area contributed by atoms with E-state index in [1.807, 2.05) is 35.4 Å². The highest BCUT2D eigenvalue weighted by atomic mass is 16.2. The van der Waals surface area contributed by atoms with Crippen LogP contribution in [0.4, 0.5) is 0 Å². The summed E-state index contributed by atoms with van der Waals surface area (Å²) in [7, 11) is 0. The molecule has 1 unspecified atom stereocenters. The molecule has 1 saturated heterocycles. The van der Waals surface area contributed by atoms with Gasteiger partial charge in [0.15, 0.2) is 5.65 Å². The zero-order chi connectivity index (χ0) is 22.9. The number of amides is 2.